The first-order chi connectivity index (χ1) is 8.97. The Morgan fingerprint density at radius 1 is 1.32 bits per heavy atom. The molecule has 1 amide bonds. The summed E-state index contributed by atoms with van der Waals surface area (Å²) >= 11 is 0. The molecule has 0 aliphatic rings. The van der Waals surface area contributed by atoms with Crippen LogP contribution in [0.5, 0.6) is 0 Å². The second kappa shape index (κ2) is 6.92. The van der Waals surface area contributed by atoms with E-state index < -0.39 is 0 Å². The van der Waals surface area contributed by atoms with Gasteiger partial charge in [0.05, 0.1) is 13.5 Å². The standard InChI is InChI=1S/C15H21NO3/c1-5-12(9-14(17)19-4)16-15(18)13-8-10(2)6-7-11(13)3/h6-8,12H,5,9H2,1-4H3,(H,16,18). The third kappa shape index (κ3) is 4.39. The number of hydrogen-bond acceptors (Lipinski definition) is 3. The first-order valence-electron chi connectivity index (χ1n) is 6.42. The van der Waals surface area contributed by atoms with Crippen LogP contribution in [0.2, 0.25) is 0 Å². The number of methoxy groups -OCH3 is 1. The van der Waals surface area contributed by atoms with Gasteiger partial charge in [-0.15, -0.1) is 0 Å². The van der Waals surface area contributed by atoms with Crippen molar-refractivity contribution >= 4 is 11.9 Å². The van der Waals surface area contributed by atoms with Gasteiger partial charge in [0.1, 0.15) is 0 Å². The third-order valence-corrected chi connectivity index (χ3v) is 3.11. The lowest BCUT2D eigenvalue weighted by Gasteiger charge is -2.16. The number of amides is 1. The van der Waals surface area contributed by atoms with E-state index in [0.29, 0.717) is 12.0 Å². The van der Waals surface area contributed by atoms with Gasteiger partial charge in [-0.2, -0.15) is 0 Å². The van der Waals surface area contributed by atoms with Crippen LogP contribution in [0.4, 0.5) is 0 Å². The summed E-state index contributed by atoms with van der Waals surface area (Å²) in [5, 5.41) is 2.88. The van der Waals surface area contributed by atoms with Gasteiger partial charge >= 0.3 is 5.97 Å². The van der Waals surface area contributed by atoms with Crippen molar-refractivity contribution in [3.8, 4) is 0 Å². The van der Waals surface area contributed by atoms with Crippen molar-refractivity contribution in [2.45, 2.75) is 39.7 Å². The Morgan fingerprint density at radius 3 is 2.58 bits per heavy atom. The normalized spacial score (nSPS) is 11.8. The van der Waals surface area contributed by atoms with Crippen molar-refractivity contribution < 1.29 is 14.3 Å². The number of aryl methyl sites for hydroxylation is 2. The van der Waals surface area contributed by atoms with E-state index in [4.69, 9.17) is 0 Å². The Morgan fingerprint density at radius 2 is 2.00 bits per heavy atom. The largest absolute Gasteiger partial charge is 0.469 e. The van der Waals surface area contributed by atoms with E-state index >= 15 is 0 Å². The molecule has 0 spiro atoms. The predicted molar refractivity (Wildman–Crippen MR) is 74.1 cm³/mol. The Kier molecular flexibility index (Phi) is 5.55. The van der Waals surface area contributed by atoms with Gasteiger partial charge in [0, 0.05) is 11.6 Å². The van der Waals surface area contributed by atoms with Gasteiger partial charge < -0.3 is 10.1 Å². The highest BCUT2D eigenvalue weighted by Crippen LogP contribution is 2.11. The molecule has 104 valence electrons. The molecule has 4 heteroatoms. The molecule has 0 bridgehead atoms. The van der Waals surface area contributed by atoms with Crippen molar-refractivity contribution in [2.24, 2.45) is 0 Å². The first-order valence-corrected chi connectivity index (χ1v) is 6.42. The van der Waals surface area contributed by atoms with Crippen LogP contribution in [0, 0.1) is 13.8 Å². The number of nitrogens with one attached hydrogen (secondary N) is 1. The summed E-state index contributed by atoms with van der Waals surface area (Å²) < 4.78 is 4.62. The lowest BCUT2D eigenvalue weighted by molar-refractivity contribution is -0.141. The van der Waals surface area contributed by atoms with Crippen molar-refractivity contribution in [2.75, 3.05) is 7.11 Å². The molecule has 0 saturated heterocycles. The summed E-state index contributed by atoms with van der Waals surface area (Å²) in [4.78, 5) is 23.4. The number of hydrogen-bond donors (Lipinski definition) is 1. The lowest BCUT2D eigenvalue weighted by Crippen LogP contribution is -2.36. The molecule has 19 heavy (non-hydrogen) atoms. The molecule has 0 aromatic heterocycles. The van der Waals surface area contributed by atoms with Crippen molar-refractivity contribution in [1.82, 2.24) is 5.32 Å². The molecule has 1 unspecified atom stereocenters. The molecular formula is C15H21NO3. The molecule has 1 aromatic carbocycles. The van der Waals surface area contributed by atoms with E-state index in [2.05, 4.69) is 10.1 Å². The van der Waals surface area contributed by atoms with Crippen molar-refractivity contribution in [3.63, 3.8) is 0 Å². The van der Waals surface area contributed by atoms with Gasteiger partial charge in [-0.25, -0.2) is 0 Å². The highest BCUT2D eigenvalue weighted by Gasteiger charge is 2.17. The molecule has 1 rings (SSSR count). The molecule has 0 fully saturated rings. The molecule has 0 saturated carbocycles. The molecule has 0 aliphatic carbocycles. The summed E-state index contributed by atoms with van der Waals surface area (Å²) in [5.74, 6) is -0.454. The molecule has 1 aromatic rings. The van der Waals surface area contributed by atoms with E-state index in [9.17, 15) is 9.59 Å². The average Bonchev–Trinajstić information content (AvgIpc) is 2.40. The quantitative estimate of drug-likeness (QED) is 0.830. The summed E-state index contributed by atoms with van der Waals surface area (Å²) in [7, 11) is 1.35. The number of ether oxygens (including phenoxy) is 1. The Hall–Kier alpha value is -1.84. The maximum absolute atomic E-state index is 12.2. The van der Waals surface area contributed by atoms with Crippen LogP contribution in [0.3, 0.4) is 0 Å². The molecule has 0 aliphatic heterocycles. The minimum absolute atomic E-state index is 0.142. The number of carbonyl (C=O) groups is 2. The average molecular weight is 263 g/mol. The number of esters is 1. The fourth-order valence-corrected chi connectivity index (χ4v) is 1.83. The SMILES string of the molecule is CCC(CC(=O)OC)NC(=O)c1cc(C)ccc1C. The van der Waals surface area contributed by atoms with E-state index in [1.165, 1.54) is 7.11 Å². The summed E-state index contributed by atoms with van der Waals surface area (Å²) in [6.07, 6.45) is 0.884. The summed E-state index contributed by atoms with van der Waals surface area (Å²) in [6.45, 7) is 5.77. The van der Waals surface area contributed by atoms with Crippen LogP contribution in [0.15, 0.2) is 18.2 Å². The van der Waals surface area contributed by atoms with Crippen LogP contribution < -0.4 is 5.32 Å². The summed E-state index contributed by atoms with van der Waals surface area (Å²) in [5.41, 5.74) is 2.62. The third-order valence-electron chi connectivity index (χ3n) is 3.11. The zero-order valence-electron chi connectivity index (χ0n) is 11.9. The Balaban J connectivity index is 2.77. The highest BCUT2D eigenvalue weighted by atomic mass is 16.5. The highest BCUT2D eigenvalue weighted by molar-refractivity contribution is 5.96. The van der Waals surface area contributed by atoms with Gasteiger partial charge in [-0.3, -0.25) is 9.59 Å². The molecule has 1 atom stereocenters. The zero-order valence-corrected chi connectivity index (χ0v) is 11.9. The summed E-state index contributed by atoms with van der Waals surface area (Å²) in [6, 6.07) is 5.55. The minimum Gasteiger partial charge on any atom is -0.469 e. The van der Waals surface area contributed by atoms with Gasteiger partial charge in [0.25, 0.3) is 5.91 Å². The van der Waals surface area contributed by atoms with Crippen LogP contribution in [0.1, 0.15) is 41.3 Å². The fourth-order valence-electron chi connectivity index (χ4n) is 1.83. The maximum atomic E-state index is 12.2. The second-order valence-corrected chi connectivity index (χ2v) is 4.68. The lowest BCUT2D eigenvalue weighted by atomic mass is 10.0. The van der Waals surface area contributed by atoms with Crippen molar-refractivity contribution in [1.29, 1.82) is 0 Å². The van der Waals surface area contributed by atoms with Crippen LogP contribution in [-0.2, 0) is 9.53 Å². The van der Waals surface area contributed by atoms with Crippen molar-refractivity contribution in [3.05, 3.63) is 34.9 Å². The number of carbonyl (C=O) groups excluding carboxylic acids is 2. The predicted octanol–water partition coefficient (Wildman–Crippen LogP) is 2.37. The van der Waals surface area contributed by atoms with Gasteiger partial charge in [-0.1, -0.05) is 24.6 Å². The van der Waals surface area contributed by atoms with Crippen LogP contribution >= 0.6 is 0 Å². The maximum Gasteiger partial charge on any atom is 0.307 e. The number of rotatable bonds is 5. The smallest absolute Gasteiger partial charge is 0.307 e. The molecule has 1 N–H and O–H groups in total. The Labute approximate surface area is 114 Å². The van der Waals surface area contributed by atoms with Crippen LogP contribution in [0.25, 0.3) is 0 Å². The Bertz CT molecular complexity index is 468. The molecule has 0 radical (unpaired) electrons. The number of benzene rings is 1. The first kappa shape index (κ1) is 15.2. The topological polar surface area (TPSA) is 55.4 Å². The van der Waals surface area contributed by atoms with E-state index in [-0.39, 0.29) is 24.3 Å². The molecule has 0 heterocycles. The molecular weight excluding hydrogens is 242 g/mol. The van der Waals surface area contributed by atoms with E-state index in [0.717, 1.165) is 11.1 Å². The second-order valence-electron chi connectivity index (χ2n) is 4.68. The van der Waals surface area contributed by atoms with E-state index in [1.54, 1.807) is 0 Å². The van der Waals surface area contributed by atoms with Crippen LogP contribution in [-0.4, -0.2) is 25.0 Å². The van der Waals surface area contributed by atoms with Gasteiger partial charge in [0.15, 0.2) is 0 Å². The molecule has 4 nitrogen and oxygen atoms in total. The van der Waals surface area contributed by atoms with Gasteiger partial charge in [0.2, 0.25) is 0 Å². The fraction of sp³-hybridized carbons (Fsp3) is 0.467. The monoisotopic (exact) mass is 263 g/mol. The zero-order chi connectivity index (χ0) is 14.4. The van der Waals surface area contributed by atoms with E-state index in [1.807, 2.05) is 39.0 Å². The minimum atomic E-state index is -0.312. The van der Waals surface area contributed by atoms with Gasteiger partial charge in [-0.05, 0) is 31.9 Å².